The Kier molecular flexibility index (Phi) is 5.98. The Bertz CT molecular complexity index is 1030. The Balaban J connectivity index is 1.37. The number of hydrogen-bond donors (Lipinski definition) is 1. The lowest BCUT2D eigenvalue weighted by molar-refractivity contribution is 0.0661. The van der Waals surface area contributed by atoms with E-state index in [1.807, 2.05) is 4.90 Å². The lowest BCUT2D eigenvalue weighted by atomic mass is 9.97. The van der Waals surface area contributed by atoms with E-state index in [2.05, 4.69) is 25.7 Å². The van der Waals surface area contributed by atoms with E-state index in [-0.39, 0.29) is 23.4 Å². The molecule has 11 heteroatoms. The molecular weight excluding hydrogens is 388 g/mol. The second kappa shape index (κ2) is 8.99. The summed E-state index contributed by atoms with van der Waals surface area (Å²) in [4.78, 5) is 31.0. The van der Waals surface area contributed by atoms with Crippen LogP contribution in [0.15, 0.2) is 31.0 Å². The average molecular weight is 412 g/mol. The number of likely N-dealkylation sites (tertiary alicyclic amines) is 1. The van der Waals surface area contributed by atoms with Gasteiger partial charge in [0.15, 0.2) is 5.69 Å². The molecular formula is C19H24N8O3. The summed E-state index contributed by atoms with van der Waals surface area (Å²) in [6, 6.07) is 0. The largest absolute Gasteiger partial charge is 0.383 e. The Morgan fingerprint density at radius 2 is 2.23 bits per heavy atom. The highest BCUT2D eigenvalue weighted by Crippen LogP contribution is 2.21. The molecule has 2 amide bonds. The fraction of sp³-hybridized carbons (Fsp3) is 0.474. The summed E-state index contributed by atoms with van der Waals surface area (Å²) >= 11 is 0. The number of hydrogen-bond acceptors (Lipinski definition) is 7. The summed E-state index contributed by atoms with van der Waals surface area (Å²) < 4.78 is 8.24. The molecule has 158 valence electrons. The molecule has 30 heavy (non-hydrogen) atoms. The molecule has 0 saturated carbocycles. The third kappa shape index (κ3) is 4.30. The number of aromatic nitrogens is 6. The van der Waals surface area contributed by atoms with Crippen LogP contribution in [0.5, 0.6) is 0 Å². The van der Waals surface area contributed by atoms with Crippen molar-refractivity contribution in [2.24, 2.45) is 5.92 Å². The normalized spacial score (nSPS) is 16.7. The summed E-state index contributed by atoms with van der Waals surface area (Å²) in [5, 5.41) is 15.0. The lowest BCUT2D eigenvalue weighted by Crippen LogP contribution is -2.41. The van der Waals surface area contributed by atoms with Crippen molar-refractivity contribution in [3.63, 3.8) is 0 Å². The molecule has 11 nitrogen and oxygen atoms in total. The van der Waals surface area contributed by atoms with Gasteiger partial charge in [0.05, 0.1) is 36.3 Å². The fourth-order valence-electron chi connectivity index (χ4n) is 3.68. The van der Waals surface area contributed by atoms with Crippen molar-refractivity contribution in [3.8, 4) is 0 Å². The van der Waals surface area contributed by atoms with Crippen molar-refractivity contribution < 1.29 is 14.3 Å². The minimum absolute atomic E-state index is 0.0421. The van der Waals surface area contributed by atoms with Crippen LogP contribution >= 0.6 is 0 Å². The van der Waals surface area contributed by atoms with Gasteiger partial charge < -0.3 is 15.0 Å². The first-order valence-corrected chi connectivity index (χ1v) is 9.89. The molecule has 4 heterocycles. The van der Waals surface area contributed by atoms with Crippen LogP contribution in [0.1, 0.15) is 33.7 Å². The summed E-state index contributed by atoms with van der Waals surface area (Å²) in [5.74, 6) is -0.0892. The van der Waals surface area contributed by atoms with Gasteiger partial charge in [-0.15, -0.1) is 5.10 Å². The van der Waals surface area contributed by atoms with E-state index < -0.39 is 0 Å². The number of carbonyl (C=O) groups excluding carboxylic acids is 2. The molecule has 0 aromatic carbocycles. The number of carbonyl (C=O) groups is 2. The SMILES string of the molecule is COCCNC(=O)c1cn(C[C@H]2CCCN(C(=O)c3cnn4ccncc34)C2)nn1. The topological polar surface area (TPSA) is 120 Å². The monoisotopic (exact) mass is 412 g/mol. The van der Waals surface area contributed by atoms with Crippen molar-refractivity contribution in [2.45, 2.75) is 19.4 Å². The van der Waals surface area contributed by atoms with Gasteiger partial charge in [0, 0.05) is 45.7 Å². The highest BCUT2D eigenvalue weighted by Gasteiger charge is 2.27. The smallest absolute Gasteiger partial charge is 0.273 e. The summed E-state index contributed by atoms with van der Waals surface area (Å²) in [7, 11) is 1.58. The molecule has 1 saturated heterocycles. The van der Waals surface area contributed by atoms with E-state index in [0.29, 0.717) is 43.9 Å². The van der Waals surface area contributed by atoms with Crippen LogP contribution in [0, 0.1) is 5.92 Å². The van der Waals surface area contributed by atoms with Crippen molar-refractivity contribution >= 4 is 17.3 Å². The van der Waals surface area contributed by atoms with Crippen LogP contribution in [0.4, 0.5) is 0 Å². The number of amides is 2. The van der Waals surface area contributed by atoms with Crippen LogP contribution in [-0.2, 0) is 11.3 Å². The Hall–Kier alpha value is -3.34. The first kappa shape index (κ1) is 20.0. The maximum absolute atomic E-state index is 13.0. The Morgan fingerprint density at radius 3 is 3.10 bits per heavy atom. The van der Waals surface area contributed by atoms with E-state index in [1.54, 1.807) is 47.3 Å². The standard InChI is InChI=1S/C19H24N8O3/c1-30-8-5-21-18(28)16-13-26(24-23-16)12-14-3-2-6-25(11-14)19(29)15-9-22-27-7-4-20-10-17(15)27/h4,7,9-10,13-14H,2-3,5-6,8,11-12H2,1H3,(H,21,28)/t14-/m0/s1. The molecule has 3 aromatic heterocycles. The molecule has 1 atom stereocenters. The highest BCUT2D eigenvalue weighted by molar-refractivity contribution is 6.00. The highest BCUT2D eigenvalue weighted by atomic mass is 16.5. The van der Waals surface area contributed by atoms with Crippen LogP contribution in [0.2, 0.25) is 0 Å². The molecule has 1 aliphatic heterocycles. The number of methoxy groups -OCH3 is 1. The van der Waals surface area contributed by atoms with E-state index >= 15 is 0 Å². The molecule has 1 fully saturated rings. The molecule has 0 spiro atoms. The average Bonchev–Trinajstić information content (AvgIpc) is 3.41. The number of ether oxygens (including phenoxy) is 1. The van der Waals surface area contributed by atoms with Gasteiger partial charge >= 0.3 is 0 Å². The van der Waals surface area contributed by atoms with Gasteiger partial charge in [-0.05, 0) is 18.8 Å². The zero-order chi connectivity index (χ0) is 20.9. The van der Waals surface area contributed by atoms with Crippen LogP contribution in [0.25, 0.3) is 5.52 Å². The maximum atomic E-state index is 13.0. The minimum Gasteiger partial charge on any atom is -0.383 e. The second-order valence-electron chi connectivity index (χ2n) is 7.30. The summed E-state index contributed by atoms with van der Waals surface area (Å²) in [5.41, 5.74) is 1.53. The molecule has 0 radical (unpaired) electrons. The number of rotatable bonds is 7. The third-order valence-corrected chi connectivity index (χ3v) is 5.17. The number of nitrogens with one attached hydrogen (secondary N) is 1. The van der Waals surface area contributed by atoms with Gasteiger partial charge in [-0.2, -0.15) is 5.10 Å². The molecule has 3 aromatic rings. The van der Waals surface area contributed by atoms with Crippen molar-refractivity contribution in [1.82, 2.24) is 39.8 Å². The van der Waals surface area contributed by atoms with Crippen LogP contribution in [-0.4, -0.2) is 79.7 Å². The zero-order valence-electron chi connectivity index (χ0n) is 16.8. The Morgan fingerprint density at radius 1 is 1.33 bits per heavy atom. The summed E-state index contributed by atoms with van der Waals surface area (Å²) in [6.45, 7) is 2.77. The van der Waals surface area contributed by atoms with Gasteiger partial charge in [-0.1, -0.05) is 5.21 Å². The quantitative estimate of drug-likeness (QED) is 0.552. The second-order valence-corrected chi connectivity index (χ2v) is 7.30. The Labute approximate surface area is 173 Å². The summed E-state index contributed by atoms with van der Waals surface area (Å²) in [6.07, 6.45) is 10.1. The van der Waals surface area contributed by atoms with Crippen molar-refractivity contribution in [1.29, 1.82) is 0 Å². The van der Waals surface area contributed by atoms with E-state index in [0.717, 1.165) is 12.8 Å². The molecule has 0 aliphatic carbocycles. The van der Waals surface area contributed by atoms with Gasteiger partial charge in [-0.25, -0.2) is 4.52 Å². The van der Waals surface area contributed by atoms with Gasteiger partial charge in [-0.3, -0.25) is 19.3 Å². The lowest BCUT2D eigenvalue weighted by Gasteiger charge is -2.32. The number of nitrogens with zero attached hydrogens (tertiary/aromatic N) is 7. The molecule has 4 rings (SSSR count). The van der Waals surface area contributed by atoms with E-state index in [9.17, 15) is 9.59 Å². The van der Waals surface area contributed by atoms with Gasteiger partial charge in [0.1, 0.15) is 0 Å². The predicted molar refractivity (Wildman–Crippen MR) is 106 cm³/mol. The maximum Gasteiger partial charge on any atom is 0.273 e. The van der Waals surface area contributed by atoms with E-state index in [1.165, 1.54) is 0 Å². The zero-order valence-corrected chi connectivity index (χ0v) is 16.8. The molecule has 0 unspecified atom stereocenters. The van der Waals surface area contributed by atoms with E-state index in [4.69, 9.17) is 4.74 Å². The van der Waals surface area contributed by atoms with Crippen LogP contribution in [0.3, 0.4) is 0 Å². The predicted octanol–water partition coefficient (Wildman–Crippen LogP) is 0.249. The first-order valence-electron chi connectivity index (χ1n) is 9.89. The first-order chi connectivity index (χ1) is 14.7. The number of piperidine rings is 1. The van der Waals surface area contributed by atoms with Gasteiger partial charge in [0.25, 0.3) is 11.8 Å². The van der Waals surface area contributed by atoms with Crippen molar-refractivity contribution in [3.05, 3.63) is 42.2 Å². The van der Waals surface area contributed by atoms with Crippen molar-refractivity contribution in [2.75, 3.05) is 33.4 Å². The van der Waals surface area contributed by atoms with Gasteiger partial charge in [0.2, 0.25) is 0 Å². The molecule has 0 bridgehead atoms. The minimum atomic E-state index is -0.277. The molecule has 1 N–H and O–H groups in total. The molecule has 1 aliphatic rings. The third-order valence-electron chi connectivity index (χ3n) is 5.17. The number of fused-ring (bicyclic) bond motifs is 1. The van der Waals surface area contributed by atoms with Crippen LogP contribution < -0.4 is 5.32 Å². The fourth-order valence-corrected chi connectivity index (χ4v) is 3.68.